The number of halogens is 1. The van der Waals surface area contributed by atoms with Gasteiger partial charge in [-0.3, -0.25) is 0 Å². The molecule has 29 heavy (non-hydrogen) atoms. The molecule has 1 unspecified atom stereocenters. The van der Waals surface area contributed by atoms with Crippen molar-refractivity contribution >= 4 is 10.0 Å². The average Bonchev–Trinajstić information content (AvgIpc) is 2.66. The Kier molecular flexibility index (Phi) is 8.24. The summed E-state index contributed by atoms with van der Waals surface area (Å²) in [5.41, 5.74) is 0.810. The predicted molar refractivity (Wildman–Crippen MR) is 109 cm³/mol. The lowest BCUT2D eigenvalue weighted by atomic mass is 10.1. The summed E-state index contributed by atoms with van der Waals surface area (Å²) in [6, 6.07) is 9.50. The van der Waals surface area contributed by atoms with E-state index in [2.05, 4.69) is 5.32 Å². The van der Waals surface area contributed by atoms with Crippen molar-refractivity contribution in [3.63, 3.8) is 0 Å². The second-order valence-corrected chi connectivity index (χ2v) is 7.97. The number of sulfonamides is 1. The highest BCUT2D eigenvalue weighted by Gasteiger charge is 2.17. The van der Waals surface area contributed by atoms with Gasteiger partial charge < -0.3 is 19.5 Å². The zero-order chi connectivity index (χ0) is 21.4. The zero-order valence-corrected chi connectivity index (χ0v) is 17.6. The highest BCUT2D eigenvalue weighted by Crippen LogP contribution is 2.29. The van der Waals surface area contributed by atoms with Gasteiger partial charge >= 0.3 is 0 Å². The van der Waals surface area contributed by atoms with Crippen LogP contribution in [0.2, 0.25) is 0 Å². The molecule has 0 aromatic heterocycles. The number of primary sulfonamides is 1. The fourth-order valence-corrected chi connectivity index (χ4v) is 3.59. The Bertz CT molecular complexity index is 921. The largest absolute Gasteiger partial charge is 0.492 e. The van der Waals surface area contributed by atoms with Crippen molar-refractivity contribution in [2.75, 3.05) is 26.9 Å². The van der Waals surface area contributed by atoms with Gasteiger partial charge in [0, 0.05) is 12.6 Å². The Morgan fingerprint density at radius 1 is 1.17 bits per heavy atom. The summed E-state index contributed by atoms with van der Waals surface area (Å²) < 4.78 is 53.2. The highest BCUT2D eigenvalue weighted by atomic mass is 32.2. The van der Waals surface area contributed by atoms with E-state index in [9.17, 15) is 12.8 Å². The van der Waals surface area contributed by atoms with Gasteiger partial charge in [-0.2, -0.15) is 0 Å². The molecule has 0 bridgehead atoms. The van der Waals surface area contributed by atoms with Crippen LogP contribution in [-0.4, -0.2) is 41.3 Å². The lowest BCUT2D eigenvalue weighted by Gasteiger charge is -2.16. The van der Waals surface area contributed by atoms with Crippen LogP contribution in [0.25, 0.3) is 0 Å². The third-order valence-corrected chi connectivity index (χ3v) is 5.08. The number of hydrogen-bond acceptors (Lipinski definition) is 6. The van der Waals surface area contributed by atoms with Crippen LogP contribution in [0.15, 0.2) is 41.3 Å². The molecule has 2 aromatic carbocycles. The number of methoxy groups -OCH3 is 1. The Morgan fingerprint density at radius 2 is 1.93 bits per heavy atom. The molecule has 7 nitrogen and oxygen atoms in total. The van der Waals surface area contributed by atoms with E-state index in [4.69, 9.17) is 19.3 Å². The summed E-state index contributed by atoms with van der Waals surface area (Å²) in [6.45, 7) is 4.91. The van der Waals surface area contributed by atoms with E-state index in [0.29, 0.717) is 31.9 Å². The van der Waals surface area contributed by atoms with Crippen molar-refractivity contribution in [3.05, 3.63) is 47.8 Å². The van der Waals surface area contributed by atoms with E-state index in [1.165, 1.54) is 19.2 Å². The molecule has 0 fully saturated rings. The Labute approximate surface area is 171 Å². The summed E-state index contributed by atoms with van der Waals surface area (Å²) in [7, 11) is -2.50. The SMILES string of the molecule is CCOc1ccc(CC(C)NCCOc2cccc(F)c2OC)cc1S(N)(=O)=O. The van der Waals surface area contributed by atoms with E-state index < -0.39 is 15.8 Å². The number of nitrogens with one attached hydrogen (secondary N) is 1. The molecule has 0 aliphatic rings. The highest BCUT2D eigenvalue weighted by molar-refractivity contribution is 7.89. The molecule has 2 rings (SSSR count). The molecule has 0 amide bonds. The monoisotopic (exact) mass is 426 g/mol. The molecular formula is C20H27FN2O5S. The molecular weight excluding hydrogens is 399 g/mol. The van der Waals surface area contributed by atoms with Crippen LogP contribution in [-0.2, 0) is 16.4 Å². The van der Waals surface area contributed by atoms with Crippen molar-refractivity contribution in [1.29, 1.82) is 0 Å². The molecule has 0 saturated heterocycles. The normalized spacial score (nSPS) is 12.4. The fourth-order valence-electron chi connectivity index (χ4n) is 2.87. The number of nitrogens with two attached hydrogens (primary N) is 1. The van der Waals surface area contributed by atoms with Crippen molar-refractivity contribution in [3.8, 4) is 17.2 Å². The summed E-state index contributed by atoms with van der Waals surface area (Å²) in [4.78, 5) is -0.0226. The lowest BCUT2D eigenvalue weighted by Crippen LogP contribution is -2.32. The lowest BCUT2D eigenvalue weighted by molar-refractivity contribution is 0.281. The standard InChI is InChI=1S/C20H27FN2O5S/c1-4-27-17-9-8-15(13-19(17)29(22,24)25)12-14(2)23-10-11-28-18-7-5-6-16(21)20(18)26-3/h5-9,13-14,23H,4,10-12H2,1-3H3,(H2,22,24,25). The van der Waals surface area contributed by atoms with Crippen LogP contribution in [0.1, 0.15) is 19.4 Å². The smallest absolute Gasteiger partial charge is 0.241 e. The number of rotatable bonds is 11. The molecule has 0 aliphatic heterocycles. The molecule has 160 valence electrons. The maximum absolute atomic E-state index is 13.6. The molecule has 0 aliphatic carbocycles. The van der Waals surface area contributed by atoms with Crippen LogP contribution >= 0.6 is 0 Å². The first kappa shape index (κ1) is 22.9. The van der Waals surface area contributed by atoms with Crippen molar-refractivity contribution in [1.82, 2.24) is 5.32 Å². The summed E-state index contributed by atoms with van der Waals surface area (Å²) >= 11 is 0. The van der Waals surface area contributed by atoms with Crippen LogP contribution in [0.3, 0.4) is 0 Å². The van der Waals surface area contributed by atoms with Gasteiger partial charge in [0.1, 0.15) is 17.3 Å². The maximum atomic E-state index is 13.6. The van der Waals surface area contributed by atoms with E-state index >= 15 is 0 Å². The summed E-state index contributed by atoms with van der Waals surface area (Å²) in [5.74, 6) is 0.181. The van der Waals surface area contributed by atoms with Crippen LogP contribution in [0, 0.1) is 5.82 Å². The molecule has 0 spiro atoms. The third-order valence-electron chi connectivity index (χ3n) is 4.14. The Hall–Kier alpha value is -2.36. The predicted octanol–water partition coefficient (Wildman–Crippen LogP) is 2.48. The quantitative estimate of drug-likeness (QED) is 0.536. The number of hydrogen-bond donors (Lipinski definition) is 2. The van der Waals surface area contributed by atoms with Crippen LogP contribution in [0.4, 0.5) is 4.39 Å². The summed E-state index contributed by atoms with van der Waals surface area (Å²) in [5, 5.41) is 8.58. The first-order valence-corrected chi connectivity index (χ1v) is 10.8. The Balaban J connectivity index is 1.91. The molecule has 0 heterocycles. The Morgan fingerprint density at radius 3 is 2.59 bits per heavy atom. The minimum Gasteiger partial charge on any atom is -0.492 e. The van der Waals surface area contributed by atoms with Gasteiger partial charge in [0.05, 0.1) is 13.7 Å². The van der Waals surface area contributed by atoms with Gasteiger partial charge in [-0.05, 0) is 50.1 Å². The third kappa shape index (κ3) is 6.59. The second-order valence-electron chi connectivity index (χ2n) is 6.44. The van der Waals surface area contributed by atoms with Gasteiger partial charge in [0.15, 0.2) is 17.3 Å². The first-order valence-electron chi connectivity index (χ1n) is 9.23. The van der Waals surface area contributed by atoms with Gasteiger partial charge in [-0.25, -0.2) is 17.9 Å². The molecule has 9 heteroatoms. The molecule has 2 aromatic rings. The van der Waals surface area contributed by atoms with Crippen molar-refractivity contribution < 1.29 is 27.0 Å². The summed E-state index contributed by atoms with van der Waals surface area (Å²) in [6.07, 6.45) is 0.582. The minimum absolute atomic E-state index is 0.0226. The van der Waals surface area contributed by atoms with Crippen molar-refractivity contribution in [2.45, 2.75) is 31.2 Å². The molecule has 0 radical (unpaired) electrons. The second kappa shape index (κ2) is 10.4. The van der Waals surface area contributed by atoms with E-state index in [1.807, 2.05) is 13.0 Å². The number of benzene rings is 2. The number of ether oxygens (including phenoxy) is 3. The maximum Gasteiger partial charge on any atom is 0.241 e. The van der Waals surface area contributed by atoms with Crippen LogP contribution in [0.5, 0.6) is 17.2 Å². The van der Waals surface area contributed by atoms with E-state index in [1.54, 1.807) is 25.1 Å². The van der Waals surface area contributed by atoms with Gasteiger partial charge in [-0.1, -0.05) is 12.1 Å². The minimum atomic E-state index is -3.88. The van der Waals surface area contributed by atoms with Gasteiger partial charge in [0.2, 0.25) is 10.0 Å². The van der Waals surface area contributed by atoms with Gasteiger partial charge in [-0.15, -0.1) is 0 Å². The van der Waals surface area contributed by atoms with Crippen LogP contribution < -0.4 is 24.7 Å². The zero-order valence-electron chi connectivity index (χ0n) is 16.8. The molecule has 1 atom stereocenters. The average molecular weight is 427 g/mol. The van der Waals surface area contributed by atoms with E-state index in [0.717, 1.165) is 5.56 Å². The molecule has 0 saturated carbocycles. The number of para-hydroxylation sites is 1. The van der Waals surface area contributed by atoms with Crippen molar-refractivity contribution in [2.24, 2.45) is 5.14 Å². The topological polar surface area (TPSA) is 99.9 Å². The molecule has 3 N–H and O–H groups in total. The fraction of sp³-hybridized carbons (Fsp3) is 0.400. The van der Waals surface area contributed by atoms with E-state index in [-0.39, 0.29) is 22.4 Å². The first-order chi connectivity index (χ1) is 13.8. The van der Waals surface area contributed by atoms with Gasteiger partial charge in [0.25, 0.3) is 0 Å².